The molecule has 0 aliphatic rings. The molecule has 1 amide bonds. The van der Waals surface area contributed by atoms with Crippen molar-refractivity contribution in [1.82, 2.24) is 15.5 Å². The molecule has 1 aromatic carbocycles. The first-order chi connectivity index (χ1) is 10.4. The predicted molar refractivity (Wildman–Crippen MR) is 92.3 cm³/mol. The average molecular weight is 304 g/mol. The normalized spacial score (nSPS) is 12.7. The van der Waals surface area contributed by atoms with Crippen LogP contribution in [-0.4, -0.2) is 50.5 Å². The molecule has 2 N–H and O–H groups in total. The van der Waals surface area contributed by atoms with Crippen molar-refractivity contribution >= 4 is 11.9 Å². The molecule has 1 aromatic rings. The molecule has 0 bridgehead atoms. The highest BCUT2D eigenvalue weighted by Gasteiger charge is 2.08. The number of likely N-dealkylation sites (N-methyl/N-ethyl adjacent to an activating group) is 1. The predicted octanol–water partition coefficient (Wildman–Crippen LogP) is 1.74. The second-order valence-electron chi connectivity index (χ2n) is 5.68. The Bertz CT molecular complexity index is 494. The minimum absolute atomic E-state index is 0.0104. The van der Waals surface area contributed by atoms with E-state index in [1.165, 1.54) is 11.1 Å². The van der Waals surface area contributed by atoms with E-state index < -0.39 is 0 Å². The van der Waals surface area contributed by atoms with Gasteiger partial charge in [0.1, 0.15) is 6.54 Å². The maximum absolute atomic E-state index is 11.6. The van der Waals surface area contributed by atoms with Gasteiger partial charge in [0.25, 0.3) is 0 Å². The van der Waals surface area contributed by atoms with E-state index >= 15 is 0 Å². The number of hydrogen-bond acceptors (Lipinski definition) is 2. The first-order valence-corrected chi connectivity index (χ1v) is 7.73. The summed E-state index contributed by atoms with van der Waals surface area (Å²) >= 11 is 0. The van der Waals surface area contributed by atoms with Crippen molar-refractivity contribution in [3.8, 4) is 0 Å². The topological polar surface area (TPSA) is 56.7 Å². The minimum atomic E-state index is -0.0104. The lowest BCUT2D eigenvalue weighted by molar-refractivity contribution is -0.127. The molecule has 0 aliphatic carbocycles. The Labute approximate surface area is 133 Å². The fraction of sp³-hybridized carbons (Fsp3) is 0.529. The van der Waals surface area contributed by atoms with Crippen molar-refractivity contribution < 1.29 is 4.79 Å². The smallest absolute Gasteiger partial charge is 0.243 e. The Kier molecular flexibility index (Phi) is 7.43. The Morgan fingerprint density at radius 1 is 1.23 bits per heavy atom. The third-order valence-corrected chi connectivity index (χ3v) is 3.44. The van der Waals surface area contributed by atoms with E-state index in [1.807, 2.05) is 6.92 Å². The Morgan fingerprint density at radius 2 is 1.86 bits per heavy atom. The number of benzene rings is 1. The molecule has 0 radical (unpaired) electrons. The molecule has 1 rings (SSSR count). The number of guanidine groups is 1. The molecule has 0 fully saturated rings. The first kappa shape index (κ1) is 18.0. The molecule has 0 heterocycles. The molecule has 0 aromatic heterocycles. The van der Waals surface area contributed by atoms with Crippen molar-refractivity contribution in [2.24, 2.45) is 4.99 Å². The quantitative estimate of drug-likeness (QED) is 0.622. The van der Waals surface area contributed by atoms with E-state index in [-0.39, 0.29) is 12.5 Å². The van der Waals surface area contributed by atoms with Crippen molar-refractivity contribution in [3.05, 3.63) is 35.4 Å². The van der Waals surface area contributed by atoms with Crippen LogP contribution < -0.4 is 10.6 Å². The standard InChI is InChI=1S/C17H28N4O/c1-6-18-17(20-12-16(22)21(4)5)19-11-14(3)15-9-7-13(2)8-10-15/h7-10,14H,6,11-12H2,1-5H3,(H2,18,19,20). The van der Waals surface area contributed by atoms with Crippen LogP contribution in [0.3, 0.4) is 0 Å². The number of hydrogen-bond donors (Lipinski definition) is 2. The van der Waals surface area contributed by atoms with Crippen LogP contribution in [0.25, 0.3) is 0 Å². The molecule has 0 saturated carbocycles. The summed E-state index contributed by atoms with van der Waals surface area (Å²) in [5.41, 5.74) is 2.55. The molecule has 122 valence electrons. The third-order valence-electron chi connectivity index (χ3n) is 3.44. The van der Waals surface area contributed by atoms with Crippen LogP contribution in [0.2, 0.25) is 0 Å². The summed E-state index contributed by atoms with van der Waals surface area (Å²) in [7, 11) is 3.47. The molecule has 0 spiro atoms. The van der Waals surface area contributed by atoms with E-state index in [0.717, 1.165) is 13.1 Å². The second-order valence-corrected chi connectivity index (χ2v) is 5.68. The van der Waals surface area contributed by atoms with Gasteiger partial charge in [-0.3, -0.25) is 4.79 Å². The molecule has 22 heavy (non-hydrogen) atoms. The van der Waals surface area contributed by atoms with Gasteiger partial charge in [0.05, 0.1) is 0 Å². The van der Waals surface area contributed by atoms with Gasteiger partial charge in [-0.1, -0.05) is 36.8 Å². The highest BCUT2D eigenvalue weighted by Crippen LogP contribution is 2.14. The number of carbonyl (C=O) groups excluding carboxylic acids is 1. The van der Waals surface area contributed by atoms with Crippen LogP contribution in [0.5, 0.6) is 0 Å². The SMILES string of the molecule is CCNC(=NCC(=O)N(C)C)NCC(C)c1ccc(C)cc1. The van der Waals surface area contributed by atoms with Crippen LogP contribution in [0.1, 0.15) is 30.9 Å². The molecule has 0 aliphatic heterocycles. The van der Waals surface area contributed by atoms with Crippen molar-refractivity contribution in [1.29, 1.82) is 0 Å². The molecule has 5 nitrogen and oxygen atoms in total. The summed E-state index contributed by atoms with van der Waals surface area (Å²) in [6.45, 7) is 7.96. The highest BCUT2D eigenvalue weighted by molar-refractivity contribution is 5.84. The third kappa shape index (κ3) is 6.16. The van der Waals surface area contributed by atoms with E-state index in [9.17, 15) is 4.79 Å². The van der Waals surface area contributed by atoms with Gasteiger partial charge < -0.3 is 15.5 Å². The number of nitrogens with one attached hydrogen (secondary N) is 2. The fourth-order valence-electron chi connectivity index (χ4n) is 1.89. The van der Waals surface area contributed by atoms with Crippen molar-refractivity contribution in [2.75, 3.05) is 33.7 Å². The largest absolute Gasteiger partial charge is 0.357 e. The van der Waals surface area contributed by atoms with Gasteiger partial charge in [-0.05, 0) is 25.3 Å². The highest BCUT2D eigenvalue weighted by atomic mass is 16.2. The number of amides is 1. The molecule has 1 atom stereocenters. The van der Waals surface area contributed by atoms with Crippen LogP contribution >= 0.6 is 0 Å². The zero-order valence-electron chi connectivity index (χ0n) is 14.3. The Hall–Kier alpha value is -2.04. The van der Waals surface area contributed by atoms with Gasteiger partial charge in [-0.25, -0.2) is 4.99 Å². The number of rotatable bonds is 6. The average Bonchev–Trinajstić information content (AvgIpc) is 2.49. The van der Waals surface area contributed by atoms with E-state index in [1.54, 1.807) is 19.0 Å². The van der Waals surface area contributed by atoms with Crippen LogP contribution in [0.4, 0.5) is 0 Å². The number of carbonyl (C=O) groups is 1. The minimum Gasteiger partial charge on any atom is -0.357 e. The molecule has 0 saturated heterocycles. The zero-order valence-corrected chi connectivity index (χ0v) is 14.3. The number of nitrogens with zero attached hydrogens (tertiary/aromatic N) is 2. The summed E-state index contributed by atoms with van der Waals surface area (Å²) in [6.07, 6.45) is 0. The van der Waals surface area contributed by atoms with Crippen molar-refractivity contribution in [2.45, 2.75) is 26.7 Å². The van der Waals surface area contributed by atoms with Gasteiger partial charge in [-0.2, -0.15) is 0 Å². The van der Waals surface area contributed by atoms with Crippen LogP contribution in [-0.2, 0) is 4.79 Å². The number of aliphatic imine (C=N–C) groups is 1. The summed E-state index contributed by atoms with van der Waals surface area (Å²) in [5.74, 6) is 1.04. The van der Waals surface area contributed by atoms with Gasteiger partial charge >= 0.3 is 0 Å². The van der Waals surface area contributed by atoms with Gasteiger partial charge in [0.15, 0.2) is 5.96 Å². The van der Waals surface area contributed by atoms with Gasteiger partial charge in [0.2, 0.25) is 5.91 Å². The maximum atomic E-state index is 11.6. The van der Waals surface area contributed by atoms with Crippen LogP contribution in [0.15, 0.2) is 29.3 Å². The summed E-state index contributed by atoms with van der Waals surface area (Å²) < 4.78 is 0. The lowest BCUT2D eigenvalue weighted by Crippen LogP contribution is -2.40. The van der Waals surface area contributed by atoms with E-state index in [2.05, 4.69) is 53.7 Å². The van der Waals surface area contributed by atoms with Gasteiger partial charge in [-0.15, -0.1) is 0 Å². The molecular weight excluding hydrogens is 276 g/mol. The van der Waals surface area contributed by atoms with Crippen molar-refractivity contribution in [3.63, 3.8) is 0 Å². The van der Waals surface area contributed by atoms with E-state index in [4.69, 9.17) is 0 Å². The summed E-state index contributed by atoms with van der Waals surface area (Å²) in [6, 6.07) is 8.56. The monoisotopic (exact) mass is 304 g/mol. The lowest BCUT2D eigenvalue weighted by atomic mass is 10.0. The molecular formula is C17H28N4O. The first-order valence-electron chi connectivity index (χ1n) is 7.73. The zero-order chi connectivity index (χ0) is 16.5. The molecule has 5 heteroatoms. The van der Waals surface area contributed by atoms with Gasteiger partial charge in [0, 0.05) is 27.2 Å². The number of aryl methyl sites for hydroxylation is 1. The Morgan fingerprint density at radius 3 is 2.41 bits per heavy atom. The van der Waals surface area contributed by atoms with Crippen LogP contribution in [0, 0.1) is 6.92 Å². The summed E-state index contributed by atoms with van der Waals surface area (Å²) in [4.78, 5) is 17.5. The fourth-order valence-corrected chi connectivity index (χ4v) is 1.89. The maximum Gasteiger partial charge on any atom is 0.243 e. The van der Waals surface area contributed by atoms with E-state index in [0.29, 0.717) is 11.9 Å². The molecule has 1 unspecified atom stereocenters. The summed E-state index contributed by atoms with van der Waals surface area (Å²) in [5, 5.41) is 6.46. The Balaban J connectivity index is 2.57. The lowest BCUT2D eigenvalue weighted by Gasteiger charge is -2.17. The second kappa shape index (κ2) is 9.07.